The van der Waals surface area contributed by atoms with Gasteiger partial charge >= 0.3 is 12.4 Å². The molecule has 0 bridgehead atoms. The molecule has 0 heterocycles. The molecule has 0 fully saturated rings. The topological polar surface area (TPSA) is 9.23 Å². The molecule has 0 aliphatic rings. The number of hydrogen-bond acceptors (Lipinski definition) is 1. The quantitative estimate of drug-likeness (QED) is 0.303. The Bertz CT molecular complexity index is 475. The van der Waals surface area contributed by atoms with Crippen LogP contribution in [0, 0.1) is 0 Å². The lowest BCUT2D eigenvalue weighted by molar-refractivity contribution is -0.342. The van der Waals surface area contributed by atoms with Gasteiger partial charge in [0.1, 0.15) is 5.60 Å². The van der Waals surface area contributed by atoms with Crippen LogP contribution in [0.2, 0.25) is 0 Å². The average Bonchev–Trinajstić information content (AvgIpc) is 2.33. The van der Waals surface area contributed by atoms with E-state index in [-0.39, 0.29) is 9.99 Å². The molecule has 1 unspecified atom stereocenters. The molecule has 0 N–H and O–H groups in total. The molecule has 0 aliphatic heterocycles. The van der Waals surface area contributed by atoms with Crippen LogP contribution in [0.5, 0.6) is 0 Å². The Balaban J connectivity index is 3.24. The molecule has 1 aromatic carbocycles. The van der Waals surface area contributed by atoms with Crippen LogP contribution in [0.3, 0.4) is 0 Å². The predicted molar refractivity (Wildman–Crippen MR) is 77.4 cm³/mol. The minimum absolute atomic E-state index is 0.0873. The van der Waals surface area contributed by atoms with E-state index in [1.54, 1.807) is 28.7 Å². The molecule has 1 atom stereocenters. The Morgan fingerprint density at radius 2 is 1.57 bits per heavy atom. The van der Waals surface area contributed by atoms with Crippen molar-refractivity contribution in [3.63, 3.8) is 0 Å². The van der Waals surface area contributed by atoms with Gasteiger partial charge in [-0.2, -0.15) is 26.3 Å². The van der Waals surface area contributed by atoms with Gasteiger partial charge in [0.2, 0.25) is 6.10 Å². The van der Waals surface area contributed by atoms with E-state index >= 15 is 0 Å². The first-order valence-corrected chi connectivity index (χ1v) is 7.86. The van der Waals surface area contributed by atoms with Crippen LogP contribution >= 0.6 is 38.5 Å². The third-order valence-electron chi connectivity index (χ3n) is 2.67. The molecule has 0 radical (unpaired) electrons. The summed E-state index contributed by atoms with van der Waals surface area (Å²) < 4.78 is 80.6. The van der Waals surface area contributed by atoms with Crippen molar-refractivity contribution < 1.29 is 31.1 Å². The van der Waals surface area contributed by atoms with Gasteiger partial charge in [0, 0.05) is 8.90 Å². The number of ether oxygens (including phenoxy) is 1. The van der Waals surface area contributed by atoms with Crippen LogP contribution in [0.4, 0.5) is 26.3 Å². The van der Waals surface area contributed by atoms with E-state index in [0.717, 1.165) is 0 Å². The molecule has 0 amide bonds. The van der Waals surface area contributed by atoms with Gasteiger partial charge < -0.3 is 4.74 Å². The third kappa shape index (κ3) is 4.72. The second-order valence-electron chi connectivity index (χ2n) is 4.43. The maximum absolute atomic E-state index is 12.6. The smallest absolute Gasteiger partial charge is 0.349 e. The number of halogens is 8. The van der Waals surface area contributed by atoms with Gasteiger partial charge in [-0.25, -0.2) is 0 Å². The number of benzene rings is 1. The normalized spacial score (nSPS) is 16.1. The van der Waals surface area contributed by atoms with Gasteiger partial charge in [0.25, 0.3) is 0 Å². The molecule has 21 heavy (non-hydrogen) atoms. The van der Waals surface area contributed by atoms with Crippen molar-refractivity contribution in [1.29, 1.82) is 0 Å². The third-order valence-corrected chi connectivity index (χ3v) is 4.82. The summed E-state index contributed by atoms with van der Waals surface area (Å²) >= 11 is 4.81. The lowest BCUT2D eigenvalue weighted by Crippen LogP contribution is -2.49. The standard InChI is InChI=1S/C12H10BrF6IO/c1-10(6-20,7-4-2-3-5-8(7)13)21-9(11(14,15)16)12(17,18)19/h2-5,9H,6H2,1H3. The maximum Gasteiger partial charge on any atom is 0.423 e. The van der Waals surface area contributed by atoms with Crippen molar-refractivity contribution in [2.45, 2.75) is 31.0 Å². The molecule has 120 valence electrons. The molecule has 0 saturated carbocycles. The molecule has 1 aromatic rings. The highest BCUT2D eigenvalue weighted by atomic mass is 127. The van der Waals surface area contributed by atoms with E-state index in [4.69, 9.17) is 0 Å². The van der Waals surface area contributed by atoms with Gasteiger partial charge in [-0.3, -0.25) is 0 Å². The first kappa shape index (κ1) is 19.0. The summed E-state index contributed by atoms with van der Waals surface area (Å²) in [7, 11) is 0. The molecule has 0 saturated heterocycles. The highest BCUT2D eigenvalue weighted by Crippen LogP contribution is 2.42. The van der Waals surface area contributed by atoms with Crippen molar-refractivity contribution >= 4 is 38.5 Å². The first-order chi connectivity index (χ1) is 9.42. The number of hydrogen-bond donors (Lipinski definition) is 0. The SMILES string of the molecule is CC(CI)(OC(C(F)(F)F)C(F)(F)F)c1ccccc1Br. The van der Waals surface area contributed by atoms with Crippen LogP contribution in [-0.4, -0.2) is 22.9 Å². The zero-order valence-electron chi connectivity index (χ0n) is 10.5. The van der Waals surface area contributed by atoms with Crippen LogP contribution in [0.25, 0.3) is 0 Å². The van der Waals surface area contributed by atoms with E-state index in [0.29, 0.717) is 4.47 Å². The van der Waals surface area contributed by atoms with Crippen LogP contribution < -0.4 is 0 Å². The van der Waals surface area contributed by atoms with Crippen LogP contribution in [-0.2, 0) is 10.3 Å². The van der Waals surface area contributed by atoms with Crippen LogP contribution in [0.1, 0.15) is 12.5 Å². The van der Waals surface area contributed by atoms with Crippen molar-refractivity contribution in [2.24, 2.45) is 0 Å². The highest BCUT2D eigenvalue weighted by Gasteiger charge is 2.60. The second kappa shape index (κ2) is 6.61. The molecular weight excluding hydrogens is 481 g/mol. The fourth-order valence-corrected chi connectivity index (χ4v) is 2.93. The summed E-state index contributed by atoms with van der Waals surface area (Å²) in [6.07, 6.45) is -14.9. The van der Waals surface area contributed by atoms with Gasteiger partial charge in [-0.1, -0.05) is 56.7 Å². The van der Waals surface area contributed by atoms with Crippen molar-refractivity contribution in [2.75, 3.05) is 4.43 Å². The predicted octanol–water partition coefficient (Wildman–Crippen LogP) is 5.61. The van der Waals surface area contributed by atoms with E-state index in [2.05, 4.69) is 20.7 Å². The van der Waals surface area contributed by atoms with Crippen molar-refractivity contribution in [1.82, 2.24) is 0 Å². The number of rotatable bonds is 4. The Morgan fingerprint density at radius 1 is 1.10 bits per heavy atom. The fourth-order valence-electron chi connectivity index (χ4n) is 1.64. The van der Waals surface area contributed by atoms with Gasteiger partial charge in [-0.15, -0.1) is 0 Å². The lowest BCUT2D eigenvalue weighted by atomic mass is 9.97. The van der Waals surface area contributed by atoms with Crippen molar-refractivity contribution in [3.05, 3.63) is 34.3 Å². The molecule has 1 nitrogen and oxygen atoms in total. The molecule has 9 heteroatoms. The average molecular weight is 491 g/mol. The summed E-state index contributed by atoms with van der Waals surface area (Å²) in [6, 6.07) is 6.07. The molecule has 0 aliphatic carbocycles. The maximum atomic E-state index is 12.6. The van der Waals surface area contributed by atoms with E-state index in [9.17, 15) is 26.3 Å². The Kier molecular flexibility index (Phi) is 5.99. The monoisotopic (exact) mass is 490 g/mol. The second-order valence-corrected chi connectivity index (χ2v) is 6.04. The molecule has 0 aromatic heterocycles. The minimum Gasteiger partial charge on any atom is -0.349 e. The van der Waals surface area contributed by atoms with Gasteiger partial charge in [0.05, 0.1) is 0 Å². The summed E-state index contributed by atoms with van der Waals surface area (Å²) in [5.74, 6) is 0. The lowest BCUT2D eigenvalue weighted by Gasteiger charge is -2.35. The largest absolute Gasteiger partial charge is 0.423 e. The van der Waals surface area contributed by atoms with E-state index in [1.807, 2.05) is 0 Å². The fraction of sp³-hybridized carbons (Fsp3) is 0.500. The zero-order chi connectivity index (χ0) is 16.5. The van der Waals surface area contributed by atoms with Crippen LogP contribution in [0.15, 0.2) is 28.7 Å². The van der Waals surface area contributed by atoms with Crippen molar-refractivity contribution in [3.8, 4) is 0 Å². The summed E-state index contributed by atoms with van der Waals surface area (Å²) in [4.78, 5) is 0. The zero-order valence-corrected chi connectivity index (χ0v) is 14.3. The Labute approximate surface area is 139 Å². The van der Waals surface area contributed by atoms with Gasteiger partial charge in [-0.05, 0) is 18.6 Å². The summed E-state index contributed by atoms with van der Waals surface area (Å²) in [5.41, 5.74) is -1.52. The van der Waals surface area contributed by atoms with Gasteiger partial charge in [0.15, 0.2) is 0 Å². The summed E-state index contributed by atoms with van der Waals surface area (Å²) in [5, 5.41) is 0. The molecule has 0 spiro atoms. The molecular formula is C12H10BrF6IO. The van der Waals surface area contributed by atoms with E-state index < -0.39 is 24.1 Å². The molecule has 1 rings (SSSR count). The number of alkyl halides is 7. The highest BCUT2D eigenvalue weighted by molar-refractivity contribution is 14.1. The first-order valence-electron chi connectivity index (χ1n) is 5.54. The Hall–Kier alpha value is -0.0300. The minimum atomic E-state index is -5.54. The Morgan fingerprint density at radius 3 is 1.95 bits per heavy atom. The summed E-state index contributed by atoms with van der Waals surface area (Å²) in [6.45, 7) is 1.20. The van der Waals surface area contributed by atoms with E-state index in [1.165, 1.54) is 25.1 Å².